The molecule has 0 aliphatic rings. The molecule has 0 aliphatic carbocycles. The molecule has 0 aliphatic heterocycles. The SMILES string of the molecule is FC(F)(F)c1ccc(-c2cc(Cl)cc(Cl)c2Cl)c(CBr)c1. The summed E-state index contributed by atoms with van der Waals surface area (Å²) in [6.07, 6.45) is -4.40. The third-order valence-electron chi connectivity index (χ3n) is 2.86. The molecule has 21 heavy (non-hydrogen) atoms. The lowest BCUT2D eigenvalue weighted by atomic mass is 9.98. The van der Waals surface area contributed by atoms with Gasteiger partial charge in [0.25, 0.3) is 0 Å². The van der Waals surface area contributed by atoms with Crippen LogP contribution < -0.4 is 0 Å². The fraction of sp³-hybridized carbons (Fsp3) is 0.143. The van der Waals surface area contributed by atoms with Gasteiger partial charge in [-0.05, 0) is 35.4 Å². The quantitative estimate of drug-likeness (QED) is 0.357. The first-order valence-corrected chi connectivity index (χ1v) is 7.90. The van der Waals surface area contributed by atoms with Crippen LogP contribution in [0.5, 0.6) is 0 Å². The maximum Gasteiger partial charge on any atom is 0.416 e. The molecule has 0 fully saturated rings. The smallest absolute Gasteiger partial charge is 0.166 e. The van der Waals surface area contributed by atoms with Gasteiger partial charge in [-0.3, -0.25) is 0 Å². The summed E-state index contributed by atoms with van der Waals surface area (Å²) in [6, 6.07) is 6.51. The average Bonchev–Trinajstić information content (AvgIpc) is 2.41. The molecule has 2 aromatic carbocycles. The van der Waals surface area contributed by atoms with E-state index < -0.39 is 11.7 Å². The maximum atomic E-state index is 12.8. The van der Waals surface area contributed by atoms with Crippen molar-refractivity contribution in [3.8, 4) is 11.1 Å². The molecular formula is C14H7BrCl3F3. The van der Waals surface area contributed by atoms with Gasteiger partial charge in [0, 0.05) is 15.9 Å². The lowest BCUT2D eigenvalue weighted by Crippen LogP contribution is -2.05. The summed E-state index contributed by atoms with van der Waals surface area (Å²) < 4.78 is 38.3. The molecule has 0 bridgehead atoms. The Balaban J connectivity index is 2.65. The van der Waals surface area contributed by atoms with E-state index in [1.54, 1.807) is 6.07 Å². The Bertz CT molecular complexity index is 684. The van der Waals surface area contributed by atoms with Crippen molar-refractivity contribution >= 4 is 50.7 Å². The van der Waals surface area contributed by atoms with Gasteiger partial charge >= 0.3 is 6.18 Å². The van der Waals surface area contributed by atoms with Gasteiger partial charge in [0.15, 0.2) is 0 Å². The van der Waals surface area contributed by atoms with Gasteiger partial charge in [0.1, 0.15) is 0 Å². The van der Waals surface area contributed by atoms with Gasteiger partial charge in [0.2, 0.25) is 0 Å². The Morgan fingerprint density at radius 2 is 1.62 bits per heavy atom. The van der Waals surface area contributed by atoms with Gasteiger partial charge in [-0.25, -0.2) is 0 Å². The second-order valence-corrected chi connectivity index (χ2v) is 6.03. The minimum absolute atomic E-state index is 0.243. The summed E-state index contributed by atoms with van der Waals surface area (Å²) in [7, 11) is 0. The zero-order valence-corrected chi connectivity index (χ0v) is 14.1. The Hall–Kier alpha value is -0.420. The summed E-state index contributed by atoms with van der Waals surface area (Å²) in [6.45, 7) is 0. The van der Waals surface area contributed by atoms with Gasteiger partial charge in [-0.2, -0.15) is 13.2 Å². The molecular weight excluding hydrogens is 411 g/mol. The second kappa shape index (κ2) is 6.37. The van der Waals surface area contributed by atoms with Gasteiger partial charge < -0.3 is 0 Å². The minimum Gasteiger partial charge on any atom is -0.166 e. The number of benzene rings is 2. The van der Waals surface area contributed by atoms with E-state index in [1.165, 1.54) is 12.1 Å². The Morgan fingerprint density at radius 1 is 0.952 bits per heavy atom. The fourth-order valence-electron chi connectivity index (χ4n) is 1.90. The van der Waals surface area contributed by atoms with Crippen molar-refractivity contribution in [1.82, 2.24) is 0 Å². The molecule has 0 saturated carbocycles. The van der Waals surface area contributed by atoms with Crippen LogP contribution in [0.1, 0.15) is 11.1 Å². The van der Waals surface area contributed by atoms with E-state index in [4.69, 9.17) is 34.8 Å². The van der Waals surface area contributed by atoms with Crippen molar-refractivity contribution in [3.63, 3.8) is 0 Å². The predicted molar refractivity (Wildman–Crippen MR) is 84.5 cm³/mol. The monoisotopic (exact) mass is 416 g/mol. The third-order valence-corrected chi connectivity index (χ3v) is 4.48. The summed E-state index contributed by atoms with van der Waals surface area (Å²) >= 11 is 21.2. The van der Waals surface area contributed by atoms with Crippen molar-refractivity contribution in [3.05, 3.63) is 56.5 Å². The van der Waals surface area contributed by atoms with E-state index >= 15 is 0 Å². The fourth-order valence-corrected chi connectivity index (χ4v) is 3.06. The van der Waals surface area contributed by atoms with Crippen LogP contribution in [0.15, 0.2) is 30.3 Å². The van der Waals surface area contributed by atoms with Crippen molar-refractivity contribution < 1.29 is 13.2 Å². The molecule has 0 aromatic heterocycles. The summed E-state index contributed by atoms with van der Waals surface area (Å²) in [5.74, 6) is 0. The minimum atomic E-state index is -4.40. The normalized spacial score (nSPS) is 11.8. The third kappa shape index (κ3) is 3.67. The molecule has 0 saturated heterocycles. The van der Waals surface area contributed by atoms with Crippen LogP contribution in [0.4, 0.5) is 13.2 Å². The summed E-state index contributed by atoms with van der Waals surface area (Å²) in [5.41, 5.74) is 0.779. The predicted octanol–water partition coefficient (Wildman–Crippen LogP) is 7.23. The number of halogens is 7. The van der Waals surface area contributed by atoms with Crippen molar-refractivity contribution in [2.75, 3.05) is 0 Å². The highest BCUT2D eigenvalue weighted by molar-refractivity contribution is 9.08. The van der Waals surface area contributed by atoms with Crippen LogP contribution in [0.25, 0.3) is 11.1 Å². The standard InChI is InChI=1S/C14H7BrCl3F3/c15-6-7-3-8(14(19,20)21)1-2-10(7)11-4-9(16)5-12(17)13(11)18/h1-5H,6H2. The van der Waals surface area contributed by atoms with Crippen molar-refractivity contribution in [2.45, 2.75) is 11.5 Å². The lowest BCUT2D eigenvalue weighted by molar-refractivity contribution is -0.137. The number of alkyl halides is 4. The van der Waals surface area contributed by atoms with Gasteiger partial charge in [0.05, 0.1) is 15.6 Å². The van der Waals surface area contributed by atoms with E-state index in [1.807, 2.05) is 0 Å². The molecule has 0 nitrogen and oxygen atoms in total. The topological polar surface area (TPSA) is 0 Å². The van der Waals surface area contributed by atoms with E-state index in [2.05, 4.69) is 15.9 Å². The molecule has 0 heterocycles. The highest BCUT2D eigenvalue weighted by atomic mass is 79.9. The Labute approximate surface area is 142 Å². The van der Waals surface area contributed by atoms with Crippen LogP contribution >= 0.6 is 50.7 Å². The molecule has 2 rings (SSSR count). The first-order chi connectivity index (χ1) is 9.74. The number of hydrogen-bond acceptors (Lipinski definition) is 0. The zero-order valence-electron chi connectivity index (χ0n) is 10.2. The average molecular weight is 418 g/mol. The van der Waals surface area contributed by atoms with E-state index in [-0.39, 0.29) is 15.4 Å². The van der Waals surface area contributed by atoms with E-state index in [0.717, 1.165) is 12.1 Å². The van der Waals surface area contributed by atoms with Crippen LogP contribution in [0.2, 0.25) is 15.1 Å². The molecule has 2 aromatic rings. The molecule has 0 N–H and O–H groups in total. The Kier molecular flexibility index (Phi) is 5.14. The number of rotatable bonds is 2. The molecule has 112 valence electrons. The van der Waals surface area contributed by atoms with Crippen molar-refractivity contribution in [2.24, 2.45) is 0 Å². The van der Waals surface area contributed by atoms with Crippen LogP contribution in [0, 0.1) is 0 Å². The molecule has 0 spiro atoms. The second-order valence-electron chi connectivity index (χ2n) is 4.25. The first kappa shape index (κ1) is 16.9. The van der Waals surface area contributed by atoms with Crippen LogP contribution in [-0.2, 0) is 11.5 Å². The van der Waals surface area contributed by atoms with Gasteiger partial charge in [-0.1, -0.05) is 56.8 Å². The highest BCUT2D eigenvalue weighted by Crippen LogP contribution is 2.40. The maximum absolute atomic E-state index is 12.8. The molecule has 0 atom stereocenters. The molecule has 0 unspecified atom stereocenters. The first-order valence-electron chi connectivity index (χ1n) is 5.65. The van der Waals surface area contributed by atoms with Crippen LogP contribution in [-0.4, -0.2) is 0 Å². The molecule has 0 radical (unpaired) electrons. The van der Waals surface area contributed by atoms with E-state index in [9.17, 15) is 13.2 Å². The molecule has 7 heteroatoms. The molecule has 0 amide bonds. The van der Waals surface area contributed by atoms with Crippen molar-refractivity contribution in [1.29, 1.82) is 0 Å². The largest absolute Gasteiger partial charge is 0.416 e. The number of hydrogen-bond donors (Lipinski definition) is 0. The van der Waals surface area contributed by atoms with Crippen LogP contribution in [0.3, 0.4) is 0 Å². The zero-order chi connectivity index (χ0) is 15.8. The van der Waals surface area contributed by atoms with Gasteiger partial charge in [-0.15, -0.1) is 0 Å². The summed E-state index contributed by atoms with van der Waals surface area (Å²) in [5, 5.41) is 1.11. The highest BCUT2D eigenvalue weighted by Gasteiger charge is 2.31. The summed E-state index contributed by atoms with van der Waals surface area (Å²) in [4.78, 5) is 0. The Morgan fingerprint density at radius 3 is 2.19 bits per heavy atom. The van der Waals surface area contributed by atoms with E-state index in [0.29, 0.717) is 21.7 Å². The lowest BCUT2D eigenvalue weighted by Gasteiger charge is -2.14.